The fourth-order valence-corrected chi connectivity index (χ4v) is 6.06. The lowest BCUT2D eigenvalue weighted by molar-refractivity contribution is -0.145. The summed E-state index contributed by atoms with van der Waals surface area (Å²) in [5.74, 6) is 0.574. The number of methoxy groups -OCH3 is 1. The van der Waals surface area contributed by atoms with Crippen LogP contribution in [-0.2, 0) is 27.2 Å². The van der Waals surface area contributed by atoms with Gasteiger partial charge in [0.2, 0.25) is 0 Å². The normalized spacial score (nSPS) is 23.1. The molecule has 8 heteroatoms. The molecule has 1 saturated heterocycles. The van der Waals surface area contributed by atoms with Gasteiger partial charge in [-0.1, -0.05) is 24.3 Å². The number of nitrogens with one attached hydrogen (secondary N) is 1. The summed E-state index contributed by atoms with van der Waals surface area (Å²) in [4.78, 5) is 26.5. The van der Waals surface area contributed by atoms with E-state index in [4.69, 9.17) is 14.2 Å². The third-order valence-corrected chi connectivity index (χ3v) is 7.83. The van der Waals surface area contributed by atoms with Gasteiger partial charge in [-0.3, -0.25) is 4.90 Å². The minimum absolute atomic E-state index is 0.152. The van der Waals surface area contributed by atoms with Crippen LogP contribution in [0.1, 0.15) is 75.5 Å². The Labute approximate surface area is 237 Å². The van der Waals surface area contributed by atoms with E-state index in [1.165, 1.54) is 29.2 Å². The zero-order valence-corrected chi connectivity index (χ0v) is 24.4. The zero-order valence-electron chi connectivity index (χ0n) is 24.4. The van der Waals surface area contributed by atoms with E-state index in [9.17, 15) is 14.0 Å². The Morgan fingerprint density at radius 3 is 2.48 bits per heavy atom. The Bertz CT molecular complexity index is 1170. The van der Waals surface area contributed by atoms with Crippen molar-refractivity contribution in [2.24, 2.45) is 5.92 Å². The third-order valence-electron chi connectivity index (χ3n) is 7.83. The number of hydrogen-bond donors (Lipinski definition) is 1. The molecule has 1 aliphatic carbocycles. The number of halogens is 1. The highest BCUT2D eigenvalue weighted by Gasteiger charge is 2.43. The maximum absolute atomic E-state index is 14.7. The van der Waals surface area contributed by atoms with Gasteiger partial charge in [-0.05, 0) is 101 Å². The van der Waals surface area contributed by atoms with E-state index in [1.807, 2.05) is 13.1 Å². The molecule has 0 unspecified atom stereocenters. The molecule has 2 fully saturated rings. The number of amides is 1. The van der Waals surface area contributed by atoms with Crippen molar-refractivity contribution in [1.29, 1.82) is 0 Å². The SMILES string of the molecule is CNCc1ccccc1[C@H]1CC[C@H](Cc2cc(F)cc(O[C@H]3C[C@@H](C(=O)OC)N(C(=O)OC(C)(C)C)C3)c2)CC1. The van der Waals surface area contributed by atoms with Crippen molar-refractivity contribution < 1.29 is 28.2 Å². The second kappa shape index (κ2) is 13.0. The number of carbonyl (C=O) groups is 2. The fraction of sp³-hybridized carbons (Fsp3) is 0.562. The number of esters is 1. The molecule has 40 heavy (non-hydrogen) atoms. The van der Waals surface area contributed by atoms with Crippen molar-refractivity contribution in [2.75, 3.05) is 20.7 Å². The maximum Gasteiger partial charge on any atom is 0.411 e. The third kappa shape index (κ3) is 7.74. The van der Waals surface area contributed by atoms with Crippen LogP contribution in [0.2, 0.25) is 0 Å². The van der Waals surface area contributed by atoms with Crippen LogP contribution in [0.4, 0.5) is 9.18 Å². The summed E-state index contributed by atoms with van der Waals surface area (Å²) in [6.07, 6.45) is 4.40. The molecule has 7 nitrogen and oxygen atoms in total. The summed E-state index contributed by atoms with van der Waals surface area (Å²) in [6.45, 7) is 6.34. The highest BCUT2D eigenvalue weighted by Crippen LogP contribution is 2.39. The number of ether oxygens (including phenoxy) is 3. The van der Waals surface area contributed by atoms with E-state index in [0.717, 1.165) is 44.2 Å². The molecule has 0 bridgehead atoms. The van der Waals surface area contributed by atoms with Gasteiger partial charge in [-0.15, -0.1) is 0 Å². The second-order valence-corrected chi connectivity index (χ2v) is 12.1. The minimum atomic E-state index is -0.814. The topological polar surface area (TPSA) is 77.1 Å². The first-order chi connectivity index (χ1) is 19.1. The van der Waals surface area contributed by atoms with E-state index in [0.29, 0.717) is 17.6 Å². The van der Waals surface area contributed by atoms with Crippen molar-refractivity contribution in [3.05, 3.63) is 65.0 Å². The number of nitrogens with zero attached hydrogens (tertiary/aromatic N) is 1. The van der Waals surface area contributed by atoms with Crippen LogP contribution in [0.5, 0.6) is 5.75 Å². The van der Waals surface area contributed by atoms with E-state index < -0.39 is 29.8 Å². The van der Waals surface area contributed by atoms with E-state index in [2.05, 4.69) is 29.6 Å². The van der Waals surface area contributed by atoms with Gasteiger partial charge in [0.15, 0.2) is 0 Å². The Morgan fingerprint density at radius 2 is 1.80 bits per heavy atom. The molecule has 1 N–H and O–H groups in total. The average Bonchev–Trinajstić information content (AvgIpc) is 3.32. The summed E-state index contributed by atoms with van der Waals surface area (Å²) >= 11 is 0. The van der Waals surface area contributed by atoms with Crippen LogP contribution in [-0.4, -0.2) is 55.4 Å². The summed E-state index contributed by atoms with van der Waals surface area (Å²) in [5.41, 5.74) is 3.01. The molecule has 0 aromatic heterocycles. The van der Waals surface area contributed by atoms with Crippen LogP contribution < -0.4 is 10.1 Å². The minimum Gasteiger partial charge on any atom is -0.488 e. The Hall–Kier alpha value is -3.13. The highest BCUT2D eigenvalue weighted by atomic mass is 19.1. The van der Waals surface area contributed by atoms with Crippen LogP contribution in [0.15, 0.2) is 42.5 Å². The number of carbonyl (C=O) groups excluding carboxylic acids is 2. The molecule has 2 atom stereocenters. The lowest BCUT2D eigenvalue weighted by Gasteiger charge is -2.30. The Morgan fingerprint density at radius 1 is 1.07 bits per heavy atom. The molecular formula is C32H43FN2O5. The van der Waals surface area contributed by atoms with Gasteiger partial charge in [0.1, 0.15) is 29.3 Å². The first kappa shape index (κ1) is 29.8. The molecule has 1 aliphatic heterocycles. The van der Waals surface area contributed by atoms with Crippen molar-refractivity contribution in [1.82, 2.24) is 10.2 Å². The van der Waals surface area contributed by atoms with Crippen molar-refractivity contribution in [2.45, 2.75) is 89.5 Å². The van der Waals surface area contributed by atoms with E-state index >= 15 is 0 Å². The summed E-state index contributed by atoms with van der Waals surface area (Å²) in [6, 6.07) is 12.7. The molecule has 0 spiro atoms. The van der Waals surface area contributed by atoms with Gasteiger partial charge >= 0.3 is 12.1 Å². The predicted octanol–water partition coefficient (Wildman–Crippen LogP) is 5.99. The fourth-order valence-electron chi connectivity index (χ4n) is 6.06. The molecule has 1 amide bonds. The smallest absolute Gasteiger partial charge is 0.411 e. The van der Waals surface area contributed by atoms with Gasteiger partial charge in [0, 0.05) is 19.0 Å². The van der Waals surface area contributed by atoms with Gasteiger partial charge in [-0.25, -0.2) is 14.0 Å². The molecule has 1 saturated carbocycles. The summed E-state index contributed by atoms with van der Waals surface area (Å²) < 4.78 is 31.2. The van der Waals surface area contributed by atoms with Crippen LogP contribution in [0, 0.1) is 11.7 Å². The van der Waals surface area contributed by atoms with Crippen LogP contribution in [0.25, 0.3) is 0 Å². The number of rotatable bonds is 8. The predicted molar refractivity (Wildman–Crippen MR) is 152 cm³/mol. The highest BCUT2D eigenvalue weighted by molar-refractivity contribution is 5.82. The molecule has 1 heterocycles. The monoisotopic (exact) mass is 554 g/mol. The van der Waals surface area contributed by atoms with Crippen LogP contribution >= 0.6 is 0 Å². The number of hydrogen-bond acceptors (Lipinski definition) is 6. The largest absolute Gasteiger partial charge is 0.488 e. The molecular weight excluding hydrogens is 511 g/mol. The Kier molecular flexibility index (Phi) is 9.72. The van der Waals surface area contributed by atoms with Crippen molar-refractivity contribution >= 4 is 12.1 Å². The molecule has 2 aromatic rings. The molecule has 218 valence electrons. The molecule has 2 aliphatic rings. The van der Waals surface area contributed by atoms with Gasteiger partial charge in [-0.2, -0.15) is 0 Å². The van der Waals surface area contributed by atoms with E-state index in [1.54, 1.807) is 26.8 Å². The van der Waals surface area contributed by atoms with Crippen LogP contribution in [0.3, 0.4) is 0 Å². The summed E-state index contributed by atoms with van der Waals surface area (Å²) in [7, 11) is 3.27. The van der Waals surface area contributed by atoms with Gasteiger partial charge < -0.3 is 19.5 Å². The van der Waals surface area contributed by atoms with Gasteiger partial charge in [0.25, 0.3) is 0 Å². The van der Waals surface area contributed by atoms with Gasteiger partial charge in [0.05, 0.1) is 13.7 Å². The second-order valence-electron chi connectivity index (χ2n) is 12.1. The quantitative estimate of drug-likeness (QED) is 0.404. The van der Waals surface area contributed by atoms with Crippen molar-refractivity contribution in [3.8, 4) is 5.75 Å². The lowest BCUT2D eigenvalue weighted by atomic mass is 9.75. The molecule has 0 radical (unpaired) electrons. The molecule has 2 aromatic carbocycles. The zero-order chi connectivity index (χ0) is 28.9. The van der Waals surface area contributed by atoms with Crippen molar-refractivity contribution in [3.63, 3.8) is 0 Å². The standard InChI is InChI=1S/C32H43FN2O5/c1-32(2,3)40-31(37)35-20-27(18-29(35)30(36)38-5)39-26-16-22(15-25(33)17-26)14-21-10-12-23(13-11-21)28-9-7-6-8-24(28)19-34-4/h6-9,15-17,21,23,27,29,34H,10-14,18-20H2,1-5H3/t21-,23-,27-,29-/m0/s1. The van der Waals surface area contributed by atoms with E-state index in [-0.39, 0.29) is 18.8 Å². The average molecular weight is 555 g/mol. The number of benzene rings is 2. The first-order valence-corrected chi connectivity index (χ1v) is 14.3. The maximum atomic E-state index is 14.7. The lowest BCUT2D eigenvalue weighted by Crippen LogP contribution is -2.44. The summed E-state index contributed by atoms with van der Waals surface area (Å²) in [5, 5.41) is 3.27. The number of likely N-dealkylation sites (tertiary alicyclic amines) is 1. The molecule has 4 rings (SSSR count). The first-order valence-electron chi connectivity index (χ1n) is 14.3. The Balaban J connectivity index is 1.38.